The Morgan fingerprint density at radius 1 is 0.662 bits per heavy atom. The largest absolute Gasteiger partial charge is 0.481 e. The maximum Gasteiger partial charge on any atom is 0.419 e. The third kappa shape index (κ3) is 16.9. The van der Waals surface area contributed by atoms with E-state index in [9.17, 15) is 56.2 Å². The molecule has 1 heterocycles. The molecule has 0 saturated carbocycles. The average molecular weight is 921 g/mol. The van der Waals surface area contributed by atoms with Gasteiger partial charge in [-0.25, -0.2) is 18.8 Å². The maximum atomic E-state index is 12.9. The number of carboxylic acid groups (broad SMARTS) is 5. The number of fused-ring (bicyclic) bond motifs is 1. The summed E-state index contributed by atoms with van der Waals surface area (Å²) in [7, 11) is 0. The number of rotatable bonds is 13. The zero-order chi connectivity index (χ0) is 48.3. The lowest BCUT2D eigenvalue weighted by Gasteiger charge is -2.08. The predicted molar refractivity (Wildman–Crippen MR) is 227 cm³/mol. The van der Waals surface area contributed by atoms with Crippen molar-refractivity contribution in [3.63, 3.8) is 0 Å². The lowest BCUT2D eigenvalue weighted by molar-refractivity contribution is -0.140. The van der Waals surface area contributed by atoms with E-state index in [2.05, 4.69) is 15.5 Å². The van der Waals surface area contributed by atoms with Crippen LogP contribution in [0.1, 0.15) is 55.0 Å². The standard InChI is InChI=1S/C15H10N2O2.C11H11NO5.C9H6F4O2.C9H9NO3S/c18-15(19)13-11-8-4-5-9-12(11)16-17-14(13)10-6-2-1-3-7-10;13-9(5-6-10(14)15)12-8-3-1-7(2-4-8)11(16)17;10-7-3-5(4-8(14)15)1-2-6(7)9(11,12)13;10-8(11)5-14-7-4-2-1-3-6(7)9(12)13/h1-9H,(H,18,19);1-4H,5-6H2,(H,12,13)(H,14,15)(H,16,17);1-3H,4H2,(H,14,15);1-4H,5H2,(H2,10,11)(H,12,13). The minimum atomic E-state index is -4.76. The van der Waals surface area contributed by atoms with Gasteiger partial charge in [0.1, 0.15) is 11.5 Å². The Morgan fingerprint density at radius 3 is 1.83 bits per heavy atom. The summed E-state index contributed by atoms with van der Waals surface area (Å²) < 4.78 is 49.1. The molecule has 2 amide bonds. The Bertz CT molecular complexity index is 2670. The first-order valence-corrected chi connectivity index (χ1v) is 19.4. The highest BCUT2D eigenvalue weighted by atomic mass is 32.2. The van der Waals surface area contributed by atoms with Crippen LogP contribution in [0.4, 0.5) is 23.2 Å². The Balaban J connectivity index is 0.000000232. The van der Waals surface area contributed by atoms with E-state index < -0.39 is 65.6 Å². The number of aromatic carboxylic acids is 3. The molecule has 0 bridgehead atoms. The van der Waals surface area contributed by atoms with Gasteiger partial charge in [-0.1, -0.05) is 66.7 Å². The SMILES string of the molecule is NC(=O)CSc1ccccc1C(=O)O.O=C(O)CCC(=O)Nc1ccc(C(=O)O)cc1.O=C(O)Cc1ccc(C(F)(F)F)c(F)c1.O=C(O)c1c(-c2ccccc2)nnc2ccccc12. The molecule has 0 radical (unpaired) electrons. The van der Waals surface area contributed by atoms with E-state index in [0.717, 1.165) is 23.4 Å². The summed E-state index contributed by atoms with van der Waals surface area (Å²) in [4.78, 5) is 75.6. The number of nitrogens with two attached hydrogens (primary N) is 1. The van der Waals surface area contributed by atoms with Gasteiger partial charge in [-0.15, -0.1) is 22.0 Å². The molecule has 0 aliphatic heterocycles. The molecule has 0 spiro atoms. The van der Waals surface area contributed by atoms with E-state index in [1.807, 2.05) is 36.4 Å². The van der Waals surface area contributed by atoms with Gasteiger partial charge >= 0.3 is 36.0 Å². The zero-order valence-electron chi connectivity index (χ0n) is 33.4. The molecule has 0 aliphatic carbocycles. The third-order valence-electron chi connectivity index (χ3n) is 8.09. The molecule has 6 rings (SSSR count). The Kier molecular flexibility index (Phi) is 19.2. The molecule has 338 valence electrons. The molecule has 0 saturated heterocycles. The summed E-state index contributed by atoms with van der Waals surface area (Å²) in [6.07, 6.45) is -5.62. The molecular weight excluding hydrogens is 885 g/mol. The summed E-state index contributed by atoms with van der Waals surface area (Å²) in [5.41, 5.74) is 6.23. The summed E-state index contributed by atoms with van der Waals surface area (Å²) in [5.74, 6) is -7.57. The number of nitrogens with zero attached hydrogens (tertiary/aromatic N) is 2. The molecule has 0 atom stereocenters. The van der Waals surface area contributed by atoms with E-state index in [-0.39, 0.29) is 40.8 Å². The summed E-state index contributed by atoms with van der Waals surface area (Å²) in [5, 5.41) is 54.9. The number of thioether (sulfide) groups is 1. The summed E-state index contributed by atoms with van der Waals surface area (Å²) >= 11 is 1.13. The molecule has 5 aromatic carbocycles. The fourth-order valence-electron chi connectivity index (χ4n) is 5.20. The molecule has 21 heteroatoms. The first-order chi connectivity index (χ1) is 30.7. The van der Waals surface area contributed by atoms with Gasteiger partial charge in [-0.3, -0.25) is 19.2 Å². The van der Waals surface area contributed by atoms with Gasteiger partial charge in [0.15, 0.2) is 0 Å². The number of carbonyl (C=O) groups excluding carboxylic acids is 2. The smallest absolute Gasteiger partial charge is 0.419 e. The van der Waals surface area contributed by atoms with Crippen LogP contribution in [0.3, 0.4) is 0 Å². The van der Waals surface area contributed by atoms with Crippen molar-refractivity contribution in [1.29, 1.82) is 0 Å². The summed E-state index contributed by atoms with van der Waals surface area (Å²) in [6, 6.07) is 30.5. The van der Waals surface area contributed by atoms with Gasteiger partial charge in [-0.05, 0) is 60.2 Å². The molecule has 0 fully saturated rings. The molecular formula is C44H36F4N4O12S. The van der Waals surface area contributed by atoms with Crippen molar-refractivity contribution in [2.75, 3.05) is 11.1 Å². The van der Waals surface area contributed by atoms with Crippen LogP contribution in [0.2, 0.25) is 0 Å². The van der Waals surface area contributed by atoms with Gasteiger partial charge in [0.05, 0.1) is 46.4 Å². The van der Waals surface area contributed by atoms with Crippen molar-refractivity contribution in [3.8, 4) is 11.3 Å². The van der Waals surface area contributed by atoms with Crippen LogP contribution in [-0.4, -0.2) is 83.1 Å². The van der Waals surface area contributed by atoms with Crippen LogP contribution in [0.5, 0.6) is 0 Å². The number of carboxylic acids is 5. The predicted octanol–water partition coefficient (Wildman–Crippen LogP) is 7.62. The first-order valence-electron chi connectivity index (χ1n) is 18.4. The van der Waals surface area contributed by atoms with Gasteiger partial charge in [0.25, 0.3) is 0 Å². The van der Waals surface area contributed by atoms with Crippen molar-refractivity contribution in [2.45, 2.75) is 30.3 Å². The van der Waals surface area contributed by atoms with Crippen LogP contribution in [0.25, 0.3) is 22.2 Å². The quantitative estimate of drug-likeness (QED) is 0.0433. The zero-order valence-corrected chi connectivity index (χ0v) is 34.2. The molecule has 0 aliphatic rings. The van der Waals surface area contributed by atoms with Crippen LogP contribution in [0.15, 0.2) is 126 Å². The fourth-order valence-corrected chi connectivity index (χ4v) is 5.98. The third-order valence-corrected chi connectivity index (χ3v) is 9.19. The number of aliphatic carboxylic acids is 2. The van der Waals surface area contributed by atoms with Crippen LogP contribution < -0.4 is 11.1 Å². The van der Waals surface area contributed by atoms with Crippen LogP contribution >= 0.6 is 11.8 Å². The topological polar surface area (TPSA) is 284 Å². The number of carbonyl (C=O) groups is 7. The summed E-state index contributed by atoms with van der Waals surface area (Å²) in [6.45, 7) is 0. The number of aromatic nitrogens is 2. The van der Waals surface area contributed by atoms with Gasteiger partial charge in [-0.2, -0.15) is 13.2 Å². The minimum Gasteiger partial charge on any atom is -0.481 e. The minimum absolute atomic E-state index is 0.00648. The molecule has 1 aromatic heterocycles. The van der Waals surface area contributed by atoms with Gasteiger partial charge < -0.3 is 36.6 Å². The van der Waals surface area contributed by atoms with E-state index in [1.165, 1.54) is 30.3 Å². The van der Waals surface area contributed by atoms with Gasteiger partial charge in [0.2, 0.25) is 11.8 Å². The number of benzene rings is 5. The van der Waals surface area contributed by atoms with Crippen molar-refractivity contribution in [1.82, 2.24) is 10.2 Å². The van der Waals surface area contributed by atoms with Crippen molar-refractivity contribution >= 4 is 70.0 Å². The number of hydrogen-bond donors (Lipinski definition) is 7. The molecule has 65 heavy (non-hydrogen) atoms. The molecule has 16 nitrogen and oxygen atoms in total. The second-order valence-corrected chi connectivity index (χ2v) is 13.9. The number of anilines is 1. The Labute approximate surface area is 369 Å². The fraction of sp³-hybridized carbons (Fsp3) is 0.114. The molecule has 6 aromatic rings. The van der Waals surface area contributed by atoms with E-state index in [0.29, 0.717) is 39.3 Å². The highest BCUT2D eigenvalue weighted by molar-refractivity contribution is 8.00. The lowest BCUT2D eigenvalue weighted by atomic mass is 10.0. The number of alkyl halides is 3. The molecule has 8 N–H and O–H groups in total. The highest BCUT2D eigenvalue weighted by Gasteiger charge is 2.34. The average Bonchev–Trinajstić information content (AvgIpc) is 3.25. The Morgan fingerprint density at radius 2 is 1.28 bits per heavy atom. The van der Waals surface area contributed by atoms with E-state index in [1.54, 1.807) is 36.4 Å². The van der Waals surface area contributed by atoms with Crippen LogP contribution in [-0.2, 0) is 31.8 Å². The Hall–Kier alpha value is -8.20. The maximum absolute atomic E-state index is 12.9. The lowest BCUT2D eigenvalue weighted by Crippen LogP contribution is -2.13. The normalized spacial score (nSPS) is 10.3. The molecule has 0 unspecified atom stereocenters. The number of nitrogens with one attached hydrogen (secondary N) is 1. The van der Waals surface area contributed by atoms with E-state index in [4.69, 9.17) is 26.2 Å². The number of amides is 2. The first kappa shape index (κ1) is 51.2. The second kappa shape index (κ2) is 24.4. The van der Waals surface area contributed by atoms with Crippen molar-refractivity contribution < 1.29 is 76.7 Å². The van der Waals surface area contributed by atoms with Crippen molar-refractivity contribution in [3.05, 3.63) is 155 Å². The monoisotopic (exact) mass is 920 g/mol. The number of primary amides is 1. The van der Waals surface area contributed by atoms with E-state index >= 15 is 0 Å². The second-order valence-electron chi connectivity index (χ2n) is 12.9. The van der Waals surface area contributed by atoms with Crippen LogP contribution in [0, 0.1) is 5.82 Å². The number of halogens is 4. The van der Waals surface area contributed by atoms with Crippen molar-refractivity contribution in [2.24, 2.45) is 5.73 Å². The highest BCUT2D eigenvalue weighted by Crippen LogP contribution is 2.32. The number of hydrogen-bond acceptors (Lipinski definition) is 10. The van der Waals surface area contributed by atoms with Gasteiger partial charge in [0, 0.05) is 28.0 Å².